The van der Waals surface area contributed by atoms with Gasteiger partial charge in [-0.15, -0.1) is 0 Å². The number of unbranched alkanes of at least 4 members (excludes halogenated alkanes) is 3. The summed E-state index contributed by atoms with van der Waals surface area (Å²) in [5, 5.41) is 0. The number of hydrogen-bond donors (Lipinski definition) is 0. The van der Waals surface area contributed by atoms with Crippen molar-refractivity contribution in [3.63, 3.8) is 0 Å². The highest BCUT2D eigenvalue weighted by molar-refractivity contribution is 4.80. The first-order valence-corrected chi connectivity index (χ1v) is 5.94. The smallest absolute Gasteiger partial charge is 0.131 e. The van der Waals surface area contributed by atoms with E-state index in [1.807, 2.05) is 0 Å². The van der Waals surface area contributed by atoms with Crippen molar-refractivity contribution in [2.45, 2.75) is 70.6 Å². The predicted octanol–water partition coefficient (Wildman–Crippen LogP) is 3.86. The van der Waals surface area contributed by atoms with Crippen LogP contribution in [0.1, 0.15) is 58.8 Å². The number of halogens is 1. The van der Waals surface area contributed by atoms with Gasteiger partial charge < -0.3 is 4.74 Å². The predicted molar refractivity (Wildman–Crippen MR) is 57.2 cm³/mol. The van der Waals surface area contributed by atoms with Crippen molar-refractivity contribution in [1.29, 1.82) is 0 Å². The van der Waals surface area contributed by atoms with Crippen LogP contribution in [0, 0.1) is 0 Å². The monoisotopic (exact) mass is 202 g/mol. The van der Waals surface area contributed by atoms with Gasteiger partial charge >= 0.3 is 0 Å². The van der Waals surface area contributed by atoms with Gasteiger partial charge in [0.2, 0.25) is 0 Å². The molecule has 0 aromatic rings. The lowest BCUT2D eigenvalue weighted by atomic mass is 9.95. The van der Waals surface area contributed by atoms with E-state index >= 15 is 0 Å². The summed E-state index contributed by atoms with van der Waals surface area (Å²) in [5.74, 6) is 0. The first kappa shape index (κ1) is 12.0. The fraction of sp³-hybridized carbons (Fsp3) is 1.00. The van der Waals surface area contributed by atoms with E-state index < -0.39 is 5.67 Å². The summed E-state index contributed by atoms with van der Waals surface area (Å²) < 4.78 is 18.9. The van der Waals surface area contributed by atoms with Crippen LogP contribution >= 0.6 is 0 Å². The van der Waals surface area contributed by atoms with Crippen LogP contribution in [0.25, 0.3) is 0 Å². The van der Waals surface area contributed by atoms with E-state index in [2.05, 4.69) is 6.92 Å². The van der Waals surface area contributed by atoms with E-state index in [0.29, 0.717) is 19.1 Å². The molecule has 0 N–H and O–H groups in total. The molecular weight excluding hydrogens is 179 g/mol. The van der Waals surface area contributed by atoms with Gasteiger partial charge in [0, 0.05) is 0 Å². The molecule has 14 heavy (non-hydrogen) atoms. The van der Waals surface area contributed by atoms with E-state index in [4.69, 9.17) is 4.74 Å². The lowest BCUT2D eigenvalue weighted by Crippen LogP contribution is -2.35. The molecule has 84 valence electrons. The maximum Gasteiger partial charge on any atom is 0.131 e. The molecule has 0 aromatic heterocycles. The van der Waals surface area contributed by atoms with Gasteiger partial charge in [-0.1, -0.05) is 32.6 Å². The van der Waals surface area contributed by atoms with E-state index in [-0.39, 0.29) is 0 Å². The molecule has 1 saturated heterocycles. The Morgan fingerprint density at radius 3 is 2.71 bits per heavy atom. The van der Waals surface area contributed by atoms with E-state index in [0.717, 1.165) is 12.8 Å². The van der Waals surface area contributed by atoms with Crippen molar-refractivity contribution >= 4 is 0 Å². The zero-order valence-electron chi connectivity index (χ0n) is 9.52. The highest BCUT2D eigenvalue weighted by Gasteiger charge is 2.30. The molecule has 0 aromatic carbocycles. The third-order valence-electron chi connectivity index (χ3n) is 2.99. The summed E-state index contributed by atoms with van der Waals surface area (Å²) in [7, 11) is 0. The Morgan fingerprint density at radius 1 is 1.36 bits per heavy atom. The summed E-state index contributed by atoms with van der Waals surface area (Å²) in [6.45, 7) is 4.15. The lowest BCUT2D eigenvalue weighted by molar-refractivity contribution is -0.0727. The Kier molecular flexibility index (Phi) is 4.86. The van der Waals surface area contributed by atoms with Crippen LogP contribution < -0.4 is 0 Å². The minimum absolute atomic E-state index is 0.297. The van der Waals surface area contributed by atoms with Gasteiger partial charge in [0.25, 0.3) is 0 Å². The molecule has 2 atom stereocenters. The molecule has 0 bridgehead atoms. The van der Waals surface area contributed by atoms with Crippen molar-refractivity contribution in [2.75, 3.05) is 6.61 Å². The van der Waals surface area contributed by atoms with Crippen molar-refractivity contribution < 1.29 is 9.13 Å². The largest absolute Gasteiger partial charge is 0.375 e. The molecule has 1 fully saturated rings. The van der Waals surface area contributed by atoms with E-state index in [1.165, 1.54) is 25.7 Å². The first-order valence-electron chi connectivity index (χ1n) is 5.94. The zero-order chi connectivity index (χ0) is 10.4. The summed E-state index contributed by atoms with van der Waals surface area (Å²) in [4.78, 5) is 0. The number of ether oxygens (including phenoxy) is 1. The molecule has 1 heterocycles. The maximum absolute atomic E-state index is 13.4. The Labute approximate surface area is 87.0 Å². The van der Waals surface area contributed by atoms with Crippen LogP contribution in [0.2, 0.25) is 0 Å². The maximum atomic E-state index is 13.4. The fourth-order valence-electron chi connectivity index (χ4n) is 1.94. The molecule has 0 radical (unpaired) electrons. The van der Waals surface area contributed by atoms with Crippen molar-refractivity contribution in [1.82, 2.24) is 0 Å². The standard InChI is InChI=1S/C12H23FO/c1-3-4-5-6-7-11-8-9-12(2,13)10-14-11/h11H,3-10H2,1-2H3/t11-,12-/m0/s1. The molecule has 0 spiro atoms. The molecule has 1 aliphatic rings. The first-order chi connectivity index (χ1) is 6.64. The summed E-state index contributed by atoms with van der Waals surface area (Å²) in [6, 6.07) is 0. The van der Waals surface area contributed by atoms with Crippen molar-refractivity contribution in [3.8, 4) is 0 Å². The topological polar surface area (TPSA) is 9.23 Å². The minimum atomic E-state index is -1.07. The van der Waals surface area contributed by atoms with Crippen LogP contribution in [0.4, 0.5) is 4.39 Å². The van der Waals surface area contributed by atoms with E-state index in [9.17, 15) is 4.39 Å². The van der Waals surface area contributed by atoms with Gasteiger partial charge in [0.15, 0.2) is 0 Å². The second-order valence-corrected chi connectivity index (χ2v) is 4.73. The lowest BCUT2D eigenvalue weighted by Gasteiger charge is -2.31. The van der Waals surface area contributed by atoms with E-state index in [1.54, 1.807) is 6.92 Å². The van der Waals surface area contributed by atoms with Gasteiger partial charge in [-0.05, 0) is 26.2 Å². The molecule has 1 rings (SSSR count). The molecule has 2 heteroatoms. The second kappa shape index (κ2) is 5.69. The van der Waals surface area contributed by atoms with Gasteiger partial charge in [0.1, 0.15) is 5.67 Å². The van der Waals surface area contributed by atoms with Crippen LogP contribution in [0.5, 0.6) is 0 Å². The molecular formula is C12H23FO. The van der Waals surface area contributed by atoms with Crippen LogP contribution in [0.15, 0.2) is 0 Å². The minimum Gasteiger partial charge on any atom is -0.375 e. The second-order valence-electron chi connectivity index (χ2n) is 4.73. The molecule has 0 saturated carbocycles. The average Bonchev–Trinajstić information content (AvgIpc) is 2.15. The fourth-order valence-corrected chi connectivity index (χ4v) is 1.94. The highest BCUT2D eigenvalue weighted by atomic mass is 19.1. The number of hydrogen-bond acceptors (Lipinski definition) is 1. The SMILES string of the molecule is CCCCCC[C@H]1CC[C@](C)(F)CO1. The van der Waals surface area contributed by atoms with Gasteiger partial charge in [-0.3, -0.25) is 0 Å². The van der Waals surface area contributed by atoms with Crippen LogP contribution in [-0.4, -0.2) is 18.4 Å². The Morgan fingerprint density at radius 2 is 2.14 bits per heavy atom. The summed E-state index contributed by atoms with van der Waals surface area (Å²) in [6.07, 6.45) is 8.14. The van der Waals surface area contributed by atoms with Gasteiger partial charge in [-0.2, -0.15) is 0 Å². The van der Waals surface area contributed by atoms with Gasteiger partial charge in [-0.25, -0.2) is 4.39 Å². The van der Waals surface area contributed by atoms with Crippen molar-refractivity contribution in [2.24, 2.45) is 0 Å². The number of rotatable bonds is 5. The Hall–Kier alpha value is -0.110. The normalized spacial score (nSPS) is 33.2. The number of alkyl halides is 1. The average molecular weight is 202 g/mol. The molecule has 0 aliphatic carbocycles. The highest BCUT2D eigenvalue weighted by Crippen LogP contribution is 2.28. The quantitative estimate of drug-likeness (QED) is 0.615. The zero-order valence-corrected chi connectivity index (χ0v) is 9.52. The molecule has 0 amide bonds. The van der Waals surface area contributed by atoms with Crippen LogP contribution in [0.3, 0.4) is 0 Å². The van der Waals surface area contributed by atoms with Crippen molar-refractivity contribution in [3.05, 3.63) is 0 Å². The van der Waals surface area contributed by atoms with Crippen LogP contribution in [-0.2, 0) is 4.74 Å². The summed E-state index contributed by atoms with van der Waals surface area (Å²) in [5.41, 5.74) is -1.07. The Balaban J connectivity index is 2.04. The molecule has 1 nitrogen and oxygen atoms in total. The third kappa shape index (κ3) is 4.41. The van der Waals surface area contributed by atoms with Gasteiger partial charge in [0.05, 0.1) is 12.7 Å². The molecule has 0 unspecified atom stereocenters. The third-order valence-corrected chi connectivity index (χ3v) is 2.99. The Bertz CT molecular complexity index is 146. The molecule has 1 aliphatic heterocycles. The summed E-state index contributed by atoms with van der Waals surface area (Å²) >= 11 is 0.